The number of amides is 1. The molecular formula is C14H18N2O2. The second kappa shape index (κ2) is 4.28. The molecule has 1 aliphatic carbocycles. The fraction of sp³-hybridized carbons (Fsp3) is 0.500. The van der Waals surface area contributed by atoms with Gasteiger partial charge in [-0.3, -0.25) is 4.79 Å². The van der Waals surface area contributed by atoms with E-state index in [9.17, 15) is 4.79 Å². The average molecular weight is 246 g/mol. The summed E-state index contributed by atoms with van der Waals surface area (Å²) in [6, 6.07) is 7.71. The molecule has 1 unspecified atom stereocenters. The number of hydrogen-bond acceptors (Lipinski definition) is 3. The van der Waals surface area contributed by atoms with Gasteiger partial charge in [0.05, 0.1) is 0 Å². The van der Waals surface area contributed by atoms with E-state index >= 15 is 0 Å². The van der Waals surface area contributed by atoms with Crippen LogP contribution in [-0.4, -0.2) is 24.6 Å². The van der Waals surface area contributed by atoms with E-state index < -0.39 is 0 Å². The number of rotatable bonds is 3. The molecule has 18 heavy (non-hydrogen) atoms. The molecule has 0 aromatic heterocycles. The zero-order chi connectivity index (χ0) is 12.6. The molecule has 0 bridgehead atoms. The number of carbonyl (C=O) groups is 1. The fourth-order valence-corrected chi connectivity index (χ4v) is 2.57. The minimum atomic E-state index is -0.190. The van der Waals surface area contributed by atoms with Crippen LogP contribution in [0.4, 0.5) is 0 Å². The molecule has 1 aromatic carbocycles. The summed E-state index contributed by atoms with van der Waals surface area (Å²) in [7, 11) is 0. The summed E-state index contributed by atoms with van der Waals surface area (Å²) in [6.45, 7) is 1.01. The van der Waals surface area contributed by atoms with Crippen molar-refractivity contribution in [3.63, 3.8) is 0 Å². The van der Waals surface area contributed by atoms with Crippen LogP contribution in [0.5, 0.6) is 5.75 Å². The molecule has 1 amide bonds. The van der Waals surface area contributed by atoms with Gasteiger partial charge in [0.25, 0.3) is 0 Å². The normalized spacial score (nSPS) is 23.7. The van der Waals surface area contributed by atoms with Gasteiger partial charge in [-0.05, 0) is 25.3 Å². The van der Waals surface area contributed by atoms with Crippen molar-refractivity contribution in [3.05, 3.63) is 29.8 Å². The number of benzene rings is 1. The smallest absolute Gasteiger partial charge is 0.231 e. The standard InChI is InChI=1S/C14H18N2O2/c15-14(6-3-7-14)9-16-13(17)11-8-18-12-5-2-1-4-10(11)12/h1-2,4-5,11H,3,6-9,15H2,(H,16,17). The molecule has 1 atom stereocenters. The Hall–Kier alpha value is -1.55. The lowest BCUT2D eigenvalue weighted by Crippen LogP contribution is -2.55. The first-order valence-electron chi connectivity index (χ1n) is 6.46. The van der Waals surface area contributed by atoms with Crippen LogP contribution in [0.2, 0.25) is 0 Å². The highest BCUT2D eigenvalue weighted by Gasteiger charge is 2.35. The topological polar surface area (TPSA) is 64.3 Å². The number of ether oxygens (including phenoxy) is 1. The van der Waals surface area contributed by atoms with Crippen molar-refractivity contribution in [1.82, 2.24) is 5.32 Å². The summed E-state index contributed by atoms with van der Waals surface area (Å²) in [5.41, 5.74) is 6.91. The third kappa shape index (κ3) is 1.97. The molecule has 0 radical (unpaired) electrons. The van der Waals surface area contributed by atoms with Gasteiger partial charge in [0.2, 0.25) is 5.91 Å². The third-order valence-electron chi connectivity index (χ3n) is 3.98. The summed E-state index contributed by atoms with van der Waals surface area (Å²) in [6.07, 6.45) is 3.18. The van der Waals surface area contributed by atoms with Crippen LogP contribution in [0, 0.1) is 0 Å². The van der Waals surface area contributed by atoms with Crippen molar-refractivity contribution in [2.24, 2.45) is 5.73 Å². The van der Waals surface area contributed by atoms with E-state index in [1.54, 1.807) is 0 Å². The van der Waals surface area contributed by atoms with Gasteiger partial charge in [-0.1, -0.05) is 18.2 Å². The first-order chi connectivity index (χ1) is 8.68. The van der Waals surface area contributed by atoms with E-state index in [0.717, 1.165) is 24.2 Å². The largest absolute Gasteiger partial charge is 0.492 e. The fourth-order valence-electron chi connectivity index (χ4n) is 2.57. The SMILES string of the molecule is NC1(CNC(=O)C2COc3ccccc32)CCC1. The highest BCUT2D eigenvalue weighted by atomic mass is 16.5. The number of nitrogens with two attached hydrogens (primary N) is 1. The Morgan fingerprint density at radius 3 is 2.94 bits per heavy atom. The summed E-state index contributed by atoms with van der Waals surface area (Å²) in [4.78, 5) is 12.1. The van der Waals surface area contributed by atoms with Crippen LogP contribution in [0.25, 0.3) is 0 Å². The number of carbonyl (C=O) groups excluding carboxylic acids is 1. The van der Waals surface area contributed by atoms with Crippen molar-refractivity contribution in [2.75, 3.05) is 13.2 Å². The van der Waals surface area contributed by atoms with Crippen molar-refractivity contribution in [1.29, 1.82) is 0 Å². The molecule has 1 aliphatic heterocycles. The Morgan fingerprint density at radius 1 is 1.44 bits per heavy atom. The maximum absolute atomic E-state index is 12.1. The number of hydrogen-bond donors (Lipinski definition) is 2. The Kier molecular flexibility index (Phi) is 2.74. The lowest BCUT2D eigenvalue weighted by atomic mass is 9.77. The highest BCUT2D eigenvalue weighted by Crippen LogP contribution is 2.34. The lowest BCUT2D eigenvalue weighted by Gasteiger charge is -2.38. The third-order valence-corrected chi connectivity index (χ3v) is 3.98. The van der Waals surface area contributed by atoms with E-state index in [1.807, 2.05) is 24.3 Å². The van der Waals surface area contributed by atoms with Crippen molar-refractivity contribution < 1.29 is 9.53 Å². The maximum Gasteiger partial charge on any atom is 0.231 e. The van der Waals surface area contributed by atoms with Gasteiger partial charge >= 0.3 is 0 Å². The zero-order valence-electron chi connectivity index (χ0n) is 10.3. The van der Waals surface area contributed by atoms with Crippen LogP contribution in [-0.2, 0) is 4.79 Å². The summed E-state index contributed by atoms with van der Waals surface area (Å²) >= 11 is 0. The van der Waals surface area contributed by atoms with Crippen molar-refractivity contribution >= 4 is 5.91 Å². The molecule has 2 aliphatic rings. The monoisotopic (exact) mass is 246 g/mol. The zero-order valence-corrected chi connectivity index (χ0v) is 10.3. The molecule has 0 saturated heterocycles. The van der Waals surface area contributed by atoms with E-state index in [4.69, 9.17) is 10.5 Å². The molecule has 0 spiro atoms. The van der Waals surface area contributed by atoms with Crippen LogP contribution in [0.1, 0.15) is 30.7 Å². The number of para-hydroxylation sites is 1. The van der Waals surface area contributed by atoms with E-state index in [-0.39, 0.29) is 17.4 Å². The number of nitrogens with one attached hydrogen (secondary N) is 1. The first kappa shape index (κ1) is 11.5. The quantitative estimate of drug-likeness (QED) is 0.841. The van der Waals surface area contributed by atoms with Crippen molar-refractivity contribution in [3.8, 4) is 5.75 Å². The minimum Gasteiger partial charge on any atom is -0.492 e. The Balaban J connectivity index is 1.64. The van der Waals surface area contributed by atoms with Gasteiger partial charge in [0.15, 0.2) is 0 Å². The second-order valence-electron chi connectivity index (χ2n) is 5.34. The van der Waals surface area contributed by atoms with Crippen LogP contribution >= 0.6 is 0 Å². The average Bonchev–Trinajstić information content (AvgIpc) is 2.77. The Morgan fingerprint density at radius 2 is 2.22 bits per heavy atom. The molecule has 1 fully saturated rings. The molecule has 1 heterocycles. The number of fused-ring (bicyclic) bond motifs is 1. The van der Waals surface area contributed by atoms with Gasteiger partial charge in [-0.15, -0.1) is 0 Å². The highest BCUT2D eigenvalue weighted by molar-refractivity contribution is 5.85. The molecular weight excluding hydrogens is 228 g/mol. The molecule has 96 valence electrons. The second-order valence-corrected chi connectivity index (χ2v) is 5.34. The predicted molar refractivity (Wildman–Crippen MR) is 68.5 cm³/mol. The van der Waals surface area contributed by atoms with Crippen molar-refractivity contribution in [2.45, 2.75) is 30.7 Å². The van der Waals surface area contributed by atoms with Crippen LogP contribution < -0.4 is 15.8 Å². The molecule has 4 nitrogen and oxygen atoms in total. The van der Waals surface area contributed by atoms with Gasteiger partial charge in [-0.25, -0.2) is 0 Å². The summed E-state index contributed by atoms with van der Waals surface area (Å²) < 4.78 is 5.51. The van der Waals surface area contributed by atoms with Crippen LogP contribution in [0.3, 0.4) is 0 Å². The first-order valence-corrected chi connectivity index (χ1v) is 6.46. The van der Waals surface area contributed by atoms with Gasteiger partial charge in [0.1, 0.15) is 18.3 Å². The molecule has 3 N–H and O–H groups in total. The van der Waals surface area contributed by atoms with E-state index in [2.05, 4.69) is 5.32 Å². The molecule has 1 saturated carbocycles. The molecule has 1 aromatic rings. The Bertz CT molecular complexity index is 469. The van der Waals surface area contributed by atoms with E-state index in [1.165, 1.54) is 6.42 Å². The van der Waals surface area contributed by atoms with E-state index in [0.29, 0.717) is 13.2 Å². The maximum atomic E-state index is 12.1. The van der Waals surface area contributed by atoms with Gasteiger partial charge in [-0.2, -0.15) is 0 Å². The van der Waals surface area contributed by atoms with Crippen LogP contribution in [0.15, 0.2) is 24.3 Å². The van der Waals surface area contributed by atoms with Gasteiger partial charge < -0.3 is 15.8 Å². The lowest BCUT2D eigenvalue weighted by molar-refractivity contribution is -0.123. The summed E-state index contributed by atoms with van der Waals surface area (Å²) in [5.74, 6) is 0.658. The predicted octanol–water partition coefficient (Wildman–Crippen LogP) is 1.16. The Labute approximate surface area is 107 Å². The molecule has 4 heteroatoms. The molecule has 3 rings (SSSR count). The summed E-state index contributed by atoms with van der Waals surface area (Å²) in [5, 5.41) is 2.96. The van der Waals surface area contributed by atoms with Gasteiger partial charge in [0, 0.05) is 17.6 Å². The minimum absolute atomic E-state index is 0.0247.